The fourth-order valence-electron chi connectivity index (χ4n) is 4.82. The first-order valence-corrected chi connectivity index (χ1v) is 8.68. The highest BCUT2D eigenvalue weighted by molar-refractivity contribution is 6.56. The molecule has 0 bridgehead atoms. The van der Waals surface area contributed by atoms with Crippen molar-refractivity contribution in [2.45, 2.75) is 87.2 Å². The van der Waals surface area contributed by atoms with Crippen LogP contribution in [-0.4, -0.2) is 54.9 Å². The van der Waals surface area contributed by atoms with Gasteiger partial charge in [-0.2, -0.15) is 0 Å². The first kappa shape index (κ1) is 21.5. The predicted octanol–water partition coefficient (Wildman–Crippen LogP) is 2.78. The third-order valence-corrected chi connectivity index (χ3v) is 6.89. The molecule has 1 saturated carbocycles. The van der Waals surface area contributed by atoms with Crippen LogP contribution in [0.1, 0.15) is 60.3 Å². The summed E-state index contributed by atoms with van der Waals surface area (Å²) in [6, 6.07) is 0. The van der Waals surface area contributed by atoms with Gasteiger partial charge < -0.3 is 0 Å². The molecule has 1 rings (SSSR count). The van der Waals surface area contributed by atoms with Crippen molar-refractivity contribution in [3.63, 3.8) is 0 Å². The Morgan fingerprint density at radius 2 is 1.52 bits per heavy atom. The molecule has 7 heteroatoms. The minimum absolute atomic E-state index is 0.0615. The highest BCUT2D eigenvalue weighted by Gasteiger charge is 2.71. The molecule has 0 saturated heterocycles. The standard InChI is InChI=1S/C16H25B7/c1-6-8-9-13(18,19)16(23)12(4,5)14(20,10(3)7-2)11(17)15(16,21)22/h10-11H,6-9H2,1-5H3. The Morgan fingerprint density at radius 1 is 1.04 bits per heavy atom. The lowest BCUT2D eigenvalue weighted by atomic mass is 9.19. The molecule has 0 amide bonds. The van der Waals surface area contributed by atoms with Gasteiger partial charge in [0.2, 0.25) is 0 Å². The van der Waals surface area contributed by atoms with Crippen molar-refractivity contribution in [2.75, 3.05) is 0 Å². The molecule has 0 aromatic carbocycles. The van der Waals surface area contributed by atoms with E-state index in [1.165, 1.54) is 0 Å². The summed E-state index contributed by atoms with van der Waals surface area (Å²) in [5.41, 5.74) is -0.754. The van der Waals surface area contributed by atoms with E-state index in [0.29, 0.717) is 6.42 Å². The molecule has 1 aliphatic rings. The third-order valence-electron chi connectivity index (χ3n) is 6.89. The monoisotopic (exact) mass is 294 g/mol. The van der Waals surface area contributed by atoms with Crippen molar-refractivity contribution in [2.24, 2.45) is 11.3 Å². The van der Waals surface area contributed by atoms with E-state index in [4.69, 9.17) is 54.9 Å². The zero-order valence-corrected chi connectivity index (χ0v) is 15.5. The molecule has 23 heavy (non-hydrogen) atoms. The van der Waals surface area contributed by atoms with Gasteiger partial charge in [0.05, 0.1) is 54.9 Å². The van der Waals surface area contributed by atoms with Crippen molar-refractivity contribution in [1.29, 1.82) is 0 Å². The molecule has 0 heterocycles. The molecular formula is C16H25B7. The Balaban J connectivity index is 3.59. The summed E-state index contributed by atoms with van der Waals surface area (Å²) < 4.78 is 0. The second-order valence-corrected chi connectivity index (χ2v) is 8.23. The summed E-state index contributed by atoms with van der Waals surface area (Å²) in [4.78, 5) is 0. The normalized spacial score (nSPS) is 37.5. The summed E-state index contributed by atoms with van der Waals surface area (Å²) in [6.07, 6.45) is 3.11. The average Bonchev–Trinajstić information content (AvgIpc) is 2.55. The second-order valence-electron chi connectivity index (χ2n) is 8.23. The molecule has 0 aromatic heterocycles. The first-order valence-electron chi connectivity index (χ1n) is 8.68. The van der Waals surface area contributed by atoms with Gasteiger partial charge in [-0.3, -0.25) is 0 Å². The van der Waals surface area contributed by atoms with Gasteiger partial charge >= 0.3 is 0 Å². The van der Waals surface area contributed by atoms with E-state index >= 15 is 0 Å². The van der Waals surface area contributed by atoms with Crippen LogP contribution in [0.25, 0.3) is 0 Å². The Labute approximate surface area is 153 Å². The van der Waals surface area contributed by atoms with Crippen LogP contribution >= 0.6 is 0 Å². The van der Waals surface area contributed by atoms with E-state index in [2.05, 4.69) is 13.8 Å². The molecule has 0 nitrogen and oxygen atoms in total. The summed E-state index contributed by atoms with van der Waals surface area (Å²) in [6.45, 7) is 10.1. The van der Waals surface area contributed by atoms with Crippen molar-refractivity contribution >= 4 is 54.9 Å². The molecule has 1 fully saturated rings. The predicted molar refractivity (Wildman–Crippen MR) is 108 cm³/mol. The zero-order valence-electron chi connectivity index (χ0n) is 15.5. The maximum atomic E-state index is 6.83. The molecule has 110 valence electrons. The number of unbranched alkanes of at least 4 members (excludes halogenated alkanes) is 1. The smallest absolute Gasteiger partial charge is 0.0750 e. The van der Waals surface area contributed by atoms with Gasteiger partial charge in [-0.1, -0.05) is 76.7 Å². The van der Waals surface area contributed by atoms with Crippen molar-refractivity contribution in [3.8, 4) is 0 Å². The van der Waals surface area contributed by atoms with Gasteiger partial charge in [0.15, 0.2) is 0 Å². The molecule has 0 N–H and O–H groups in total. The highest BCUT2D eigenvalue weighted by atomic mass is 14.7. The highest BCUT2D eigenvalue weighted by Crippen LogP contribution is 2.88. The van der Waals surface area contributed by atoms with Crippen molar-refractivity contribution in [1.82, 2.24) is 0 Å². The van der Waals surface area contributed by atoms with E-state index in [1.54, 1.807) is 0 Å². The fourth-order valence-corrected chi connectivity index (χ4v) is 4.82. The van der Waals surface area contributed by atoms with Gasteiger partial charge in [0, 0.05) is 0 Å². The van der Waals surface area contributed by atoms with Crippen LogP contribution in [0, 0.1) is 11.3 Å². The van der Waals surface area contributed by atoms with Crippen LogP contribution in [0.5, 0.6) is 0 Å². The summed E-state index contributed by atoms with van der Waals surface area (Å²) >= 11 is 0. The fraction of sp³-hybridized carbons (Fsp3) is 1.00. The van der Waals surface area contributed by atoms with E-state index in [9.17, 15) is 0 Å². The van der Waals surface area contributed by atoms with Crippen molar-refractivity contribution in [3.05, 3.63) is 0 Å². The number of hydrogen-bond acceptors (Lipinski definition) is 0. The zero-order chi connectivity index (χ0) is 18.5. The molecule has 0 spiro atoms. The lowest BCUT2D eigenvalue weighted by Gasteiger charge is -2.63. The maximum Gasteiger partial charge on any atom is 0.0750 e. The van der Waals surface area contributed by atoms with Gasteiger partial charge in [-0.25, -0.2) is 0 Å². The number of hydrogen-bond donors (Lipinski definition) is 0. The Hall–Kier alpha value is 0.455. The SMILES string of the molecule is [B]C1C([B])([B])C([B])(C([B])([B])CCCC)C(C)(C)C1([B])C(C)CC. The van der Waals surface area contributed by atoms with Crippen LogP contribution in [0.3, 0.4) is 0 Å². The summed E-state index contributed by atoms with van der Waals surface area (Å²) in [5, 5.41) is -4.95. The van der Waals surface area contributed by atoms with Crippen LogP contribution in [0.15, 0.2) is 0 Å². The topological polar surface area (TPSA) is 0 Å². The Kier molecular flexibility index (Phi) is 5.90. The maximum absolute atomic E-state index is 6.83. The minimum atomic E-state index is -1.48. The van der Waals surface area contributed by atoms with E-state index in [1.807, 2.05) is 20.8 Å². The molecular weight excluding hydrogens is 268 g/mol. The molecule has 0 aliphatic heterocycles. The van der Waals surface area contributed by atoms with Gasteiger partial charge in [0.25, 0.3) is 0 Å². The van der Waals surface area contributed by atoms with E-state index in [-0.39, 0.29) is 5.92 Å². The lowest BCUT2D eigenvalue weighted by Crippen LogP contribution is -2.49. The largest absolute Gasteiger partial charge is 0.106 e. The van der Waals surface area contributed by atoms with Crippen LogP contribution in [-0.2, 0) is 0 Å². The van der Waals surface area contributed by atoms with E-state index in [0.717, 1.165) is 19.3 Å². The molecule has 1 aliphatic carbocycles. The van der Waals surface area contributed by atoms with Gasteiger partial charge in [0.1, 0.15) is 0 Å². The Morgan fingerprint density at radius 3 is 1.91 bits per heavy atom. The summed E-state index contributed by atoms with van der Waals surface area (Å²) in [7, 11) is 46.1. The molecule has 14 radical (unpaired) electrons. The number of rotatable bonds is 6. The van der Waals surface area contributed by atoms with Crippen LogP contribution < -0.4 is 0 Å². The first-order chi connectivity index (χ1) is 10.2. The lowest BCUT2D eigenvalue weighted by molar-refractivity contribution is 0.146. The third kappa shape index (κ3) is 2.49. The molecule has 4 unspecified atom stereocenters. The van der Waals surface area contributed by atoms with Gasteiger partial charge in [-0.05, 0) is 11.3 Å². The Bertz CT molecular complexity index is 434. The molecule has 0 aromatic rings. The van der Waals surface area contributed by atoms with Crippen LogP contribution in [0.2, 0.25) is 26.9 Å². The quantitative estimate of drug-likeness (QED) is 0.661. The molecule has 4 atom stereocenters. The summed E-state index contributed by atoms with van der Waals surface area (Å²) in [5.74, 6) is -0.663. The van der Waals surface area contributed by atoms with Gasteiger partial charge in [-0.15, -0.1) is 10.4 Å². The van der Waals surface area contributed by atoms with Crippen molar-refractivity contribution < 1.29 is 0 Å². The van der Waals surface area contributed by atoms with E-state index < -0.39 is 32.3 Å². The average molecular weight is 293 g/mol. The minimum Gasteiger partial charge on any atom is -0.106 e. The second kappa shape index (κ2) is 6.32. The van der Waals surface area contributed by atoms with Crippen LogP contribution in [0.4, 0.5) is 0 Å².